The molecule has 5 nitrogen and oxygen atoms in total. The van der Waals surface area contributed by atoms with Gasteiger partial charge in [0, 0.05) is 13.1 Å². The second-order valence-electron chi connectivity index (χ2n) is 5.21. The van der Waals surface area contributed by atoms with Crippen molar-refractivity contribution >= 4 is 11.8 Å². The second-order valence-corrected chi connectivity index (χ2v) is 5.21. The normalized spacial score (nSPS) is 12.1. The zero-order valence-corrected chi connectivity index (χ0v) is 12.3. The third kappa shape index (κ3) is 5.40. The van der Waals surface area contributed by atoms with Gasteiger partial charge in [0.25, 0.3) is 0 Å². The first-order chi connectivity index (χ1) is 9.40. The maximum Gasteiger partial charge on any atom is 0.240 e. The van der Waals surface area contributed by atoms with Crippen LogP contribution < -0.4 is 11.1 Å². The molecule has 2 amide bonds. The average Bonchev–Trinajstić information content (AvgIpc) is 2.37. The highest BCUT2D eigenvalue weighted by molar-refractivity contribution is 5.87. The minimum absolute atomic E-state index is 0.0273. The summed E-state index contributed by atoms with van der Waals surface area (Å²) in [5.41, 5.74) is 6.91. The van der Waals surface area contributed by atoms with Crippen molar-refractivity contribution in [3.05, 3.63) is 35.9 Å². The van der Waals surface area contributed by atoms with Gasteiger partial charge in [-0.3, -0.25) is 9.59 Å². The maximum atomic E-state index is 12.1. The first-order valence-electron chi connectivity index (χ1n) is 6.74. The van der Waals surface area contributed by atoms with Crippen LogP contribution in [0.5, 0.6) is 0 Å². The first kappa shape index (κ1) is 16.2. The van der Waals surface area contributed by atoms with Crippen molar-refractivity contribution in [3.63, 3.8) is 0 Å². The number of benzene rings is 1. The van der Waals surface area contributed by atoms with Crippen LogP contribution in [0, 0.1) is 0 Å². The van der Waals surface area contributed by atoms with E-state index in [-0.39, 0.29) is 24.4 Å². The van der Waals surface area contributed by atoms with Gasteiger partial charge in [0.1, 0.15) is 0 Å². The molecule has 1 unspecified atom stereocenters. The number of carbonyl (C=O) groups is 2. The average molecular weight is 277 g/mol. The van der Waals surface area contributed by atoms with Gasteiger partial charge in [-0.25, -0.2) is 0 Å². The summed E-state index contributed by atoms with van der Waals surface area (Å²) >= 11 is 0. The number of carbonyl (C=O) groups excluding carboxylic acids is 2. The molecule has 0 fully saturated rings. The van der Waals surface area contributed by atoms with Gasteiger partial charge in [0.15, 0.2) is 0 Å². The maximum absolute atomic E-state index is 12.1. The molecule has 0 spiro atoms. The van der Waals surface area contributed by atoms with Crippen LogP contribution in [-0.2, 0) is 16.0 Å². The molecule has 0 bridgehead atoms. The molecule has 0 aliphatic rings. The van der Waals surface area contributed by atoms with E-state index in [2.05, 4.69) is 5.32 Å². The SMILES string of the molecule is CC(C)NC(=O)CN(C)C(=O)C(N)Cc1ccccc1. The van der Waals surface area contributed by atoms with Gasteiger partial charge < -0.3 is 16.0 Å². The topological polar surface area (TPSA) is 75.4 Å². The Kier molecular flexibility index (Phi) is 6.18. The molecule has 0 aliphatic carbocycles. The summed E-state index contributed by atoms with van der Waals surface area (Å²) in [6.45, 7) is 3.78. The van der Waals surface area contributed by atoms with Crippen LogP contribution in [0.2, 0.25) is 0 Å². The van der Waals surface area contributed by atoms with E-state index >= 15 is 0 Å². The number of rotatable bonds is 6. The number of likely N-dealkylation sites (N-methyl/N-ethyl adjacent to an activating group) is 1. The van der Waals surface area contributed by atoms with Crippen LogP contribution >= 0.6 is 0 Å². The molecule has 1 aromatic rings. The molecule has 0 saturated carbocycles. The van der Waals surface area contributed by atoms with Crippen molar-refractivity contribution in [2.45, 2.75) is 32.4 Å². The lowest BCUT2D eigenvalue weighted by Gasteiger charge is -2.21. The highest BCUT2D eigenvalue weighted by atomic mass is 16.2. The Morgan fingerprint density at radius 3 is 2.40 bits per heavy atom. The molecule has 1 atom stereocenters. The van der Waals surface area contributed by atoms with E-state index in [1.54, 1.807) is 7.05 Å². The van der Waals surface area contributed by atoms with E-state index < -0.39 is 6.04 Å². The lowest BCUT2D eigenvalue weighted by atomic mass is 10.1. The summed E-state index contributed by atoms with van der Waals surface area (Å²) in [6, 6.07) is 9.02. The summed E-state index contributed by atoms with van der Waals surface area (Å²) in [7, 11) is 1.59. The third-order valence-electron chi connectivity index (χ3n) is 2.82. The van der Waals surface area contributed by atoms with Gasteiger partial charge in [-0.05, 0) is 25.8 Å². The van der Waals surface area contributed by atoms with Gasteiger partial charge in [-0.2, -0.15) is 0 Å². The van der Waals surface area contributed by atoms with Gasteiger partial charge >= 0.3 is 0 Å². The predicted octanol–water partition coefficient (Wildman–Crippen LogP) is 0.539. The van der Waals surface area contributed by atoms with Crippen LogP contribution in [0.15, 0.2) is 30.3 Å². The predicted molar refractivity (Wildman–Crippen MR) is 79.0 cm³/mol. The number of nitrogens with two attached hydrogens (primary N) is 1. The Hall–Kier alpha value is -1.88. The van der Waals surface area contributed by atoms with Crippen LogP contribution in [0.1, 0.15) is 19.4 Å². The van der Waals surface area contributed by atoms with Crippen molar-refractivity contribution in [2.24, 2.45) is 5.73 Å². The lowest BCUT2D eigenvalue weighted by molar-refractivity contribution is -0.135. The van der Waals surface area contributed by atoms with E-state index in [4.69, 9.17) is 5.73 Å². The molecule has 5 heteroatoms. The highest BCUT2D eigenvalue weighted by Crippen LogP contribution is 2.03. The third-order valence-corrected chi connectivity index (χ3v) is 2.82. The fourth-order valence-corrected chi connectivity index (χ4v) is 1.90. The number of nitrogens with one attached hydrogen (secondary N) is 1. The Bertz CT molecular complexity index is 446. The number of hydrogen-bond donors (Lipinski definition) is 2. The Morgan fingerprint density at radius 1 is 1.25 bits per heavy atom. The summed E-state index contributed by atoms with van der Waals surface area (Å²) in [5.74, 6) is -0.407. The summed E-state index contributed by atoms with van der Waals surface area (Å²) in [4.78, 5) is 25.1. The number of hydrogen-bond acceptors (Lipinski definition) is 3. The summed E-state index contributed by atoms with van der Waals surface area (Å²) < 4.78 is 0. The van der Waals surface area contributed by atoms with E-state index in [0.29, 0.717) is 6.42 Å². The largest absolute Gasteiger partial charge is 0.352 e. The fraction of sp³-hybridized carbons (Fsp3) is 0.467. The quantitative estimate of drug-likeness (QED) is 0.797. The zero-order valence-electron chi connectivity index (χ0n) is 12.3. The minimum Gasteiger partial charge on any atom is -0.352 e. The number of amides is 2. The Labute approximate surface area is 120 Å². The van der Waals surface area contributed by atoms with Gasteiger partial charge in [-0.15, -0.1) is 0 Å². The Balaban J connectivity index is 2.49. The van der Waals surface area contributed by atoms with Crippen LogP contribution in [0.3, 0.4) is 0 Å². The van der Waals surface area contributed by atoms with Crippen LogP contribution in [-0.4, -0.2) is 42.4 Å². The lowest BCUT2D eigenvalue weighted by Crippen LogP contribution is -2.47. The molecule has 3 N–H and O–H groups in total. The van der Waals surface area contributed by atoms with Crippen LogP contribution in [0.4, 0.5) is 0 Å². The fourth-order valence-electron chi connectivity index (χ4n) is 1.90. The minimum atomic E-state index is -0.630. The second kappa shape index (κ2) is 7.65. The standard InChI is InChI=1S/C15H23N3O2/c1-11(2)17-14(19)10-18(3)15(20)13(16)9-12-7-5-4-6-8-12/h4-8,11,13H,9-10,16H2,1-3H3,(H,17,19). The molecular formula is C15H23N3O2. The van der Waals surface area contributed by atoms with E-state index in [1.165, 1.54) is 4.90 Å². The van der Waals surface area contributed by atoms with Crippen molar-refractivity contribution in [1.82, 2.24) is 10.2 Å². The zero-order chi connectivity index (χ0) is 15.1. The Morgan fingerprint density at radius 2 is 1.85 bits per heavy atom. The smallest absolute Gasteiger partial charge is 0.240 e. The highest BCUT2D eigenvalue weighted by Gasteiger charge is 2.20. The summed E-state index contributed by atoms with van der Waals surface area (Å²) in [5, 5.41) is 2.74. The molecule has 0 aromatic heterocycles. The van der Waals surface area contributed by atoms with Crippen molar-refractivity contribution in [1.29, 1.82) is 0 Å². The molecule has 1 aromatic carbocycles. The molecule has 0 heterocycles. The monoisotopic (exact) mass is 277 g/mol. The molecule has 0 saturated heterocycles. The van der Waals surface area contributed by atoms with Gasteiger partial charge in [0.05, 0.1) is 12.6 Å². The molecule has 110 valence electrons. The van der Waals surface area contributed by atoms with E-state index in [0.717, 1.165) is 5.56 Å². The first-order valence-corrected chi connectivity index (χ1v) is 6.74. The molecule has 0 aliphatic heterocycles. The van der Waals surface area contributed by atoms with E-state index in [9.17, 15) is 9.59 Å². The molecular weight excluding hydrogens is 254 g/mol. The summed E-state index contributed by atoms with van der Waals surface area (Å²) in [6.07, 6.45) is 0.468. The molecule has 20 heavy (non-hydrogen) atoms. The van der Waals surface area contributed by atoms with Crippen molar-refractivity contribution in [3.8, 4) is 0 Å². The van der Waals surface area contributed by atoms with Crippen LogP contribution in [0.25, 0.3) is 0 Å². The molecule has 0 radical (unpaired) electrons. The van der Waals surface area contributed by atoms with Gasteiger partial charge in [0.2, 0.25) is 11.8 Å². The van der Waals surface area contributed by atoms with E-state index in [1.807, 2.05) is 44.2 Å². The molecule has 1 rings (SSSR count). The van der Waals surface area contributed by atoms with Crippen molar-refractivity contribution in [2.75, 3.05) is 13.6 Å². The van der Waals surface area contributed by atoms with Crippen molar-refractivity contribution < 1.29 is 9.59 Å². The number of nitrogens with zero attached hydrogens (tertiary/aromatic N) is 1. The van der Waals surface area contributed by atoms with Gasteiger partial charge in [-0.1, -0.05) is 30.3 Å².